The molecule has 1 aliphatic heterocycles. The third kappa shape index (κ3) is 4.94. The zero-order valence-corrected chi connectivity index (χ0v) is 18.5. The van der Waals surface area contributed by atoms with Gasteiger partial charge in [0.25, 0.3) is 0 Å². The van der Waals surface area contributed by atoms with Crippen molar-refractivity contribution < 1.29 is 23.7 Å². The zero-order valence-electron chi connectivity index (χ0n) is 18.5. The van der Waals surface area contributed by atoms with E-state index >= 15 is 0 Å². The summed E-state index contributed by atoms with van der Waals surface area (Å²) in [6.45, 7) is 4.20. The van der Waals surface area contributed by atoms with Gasteiger partial charge in [-0.05, 0) is 55.8 Å². The summed E-state index contributed by atoms with van der Waals surface area (Å²) in [6, 6.07) is 20.5. The number of hydrogen-bond acceptors (Lipinski definition) is 5. The van der Waals surface area contributed by atoms with Crippen molar-refractivity contribution in [2.75, 3.05) is 13.7 Å². The number of ether oxygens (including phenoxy) is 4. The van der Waals surface area contributed by atoms with Crippen molar-refractivity contribution >= 4 is 11.9 Å². The molecule has 0 fully saturated rings. The van der Waals surface area contributed by atoms with Gasteiger partial charge in [0.2, 0.25) is 5.78 Å². The van der Waals surface area contributed by atoms with E-state index in [9.17, 15) is 4.79 Å². The maximum atomic E-state index is 13.0. The summed E-state index contributed by atoms with van der Waals surface area (Å²) >= 11 is 0. The quantitative estimate of drug-likeness (QED) is 0.428. The van der Waals surface area contributed by atoms with E-state index in [1.807, 2.05) is 74.5 Å². The highest BCUT2D eigenvalue weighted by Gasteiger charge is 2.24. The van der Waals surface area contributed by atoms with Crippen molar-refractivity contribution in [3.8, 4) is 23.0 Å². The van der Waals surface area contributed by atoms with E-state index < -0.39 is 0 Å². The second-order valence-electron chi connectivity index (χ2n) is 8.06. The van der Waals surface area contributed by atoms with Crippen molar-refractivity contribution in [2.24, 2.45) is 0 Å². The maximum Gasteiger partial charge on any atom is 0.203 e. The Morgan fingerprint density at radius 1 is 0.938 bits per heavy atom. The first kappa shape index (κ1) is 21.5. The van der Waals surface area contributed by atoms with Crippen molar-refractivity contribution in [3.63, 3.8) is 0 Å². The average molecular weight is 431 g/mol. The summed E-state index contributed by atoms with van der Waals surface area (Å²) in [5.41, 5.74) is 1.90. The molecule has 0 spiro atoms. The predicted molar refractivity (Wildman–Crippen MR) is 124 cm³/mol. The van der Waals surface area contributed by atoms with Crippen LogP contribution in [0.15, 0.2) is 72.8 Å². The molecule has 5 heteroatoms. The van der Waals surface area contributed by atoms with Gasteiger partial charge in [-0.25, -0.2) is 0 Å². The number of carbonyl (C=O) groups excluding carboxylic acids is 1. The second kappa shape index (κ2) is 9.18. The lowest BCUT2D eigenvalue weighted by atomic mass is 10.0. The van der Waals surface area contributed by atoms with Crippen molar-refractivity contribution in [1.82, 2.24) is 0 Å². The highest BCUT2D eigenvalue weighted by molar-refractivity contribution is 6.00. The SMILES string of the molecule is COc1ccc(C(=O)COc2cccc3c2C=CC(C)(C)O3)c(OCc2ccccc2)c1. The van der Waals surface area contributed by atoms with Gasteiger partial charge in [-0.15, -0.1) is 0 Å². The minimum absolute atomic E-state index is 0.123. The number of rotatable bonds is 8. The molecule has 0 unspecified atom stereocenters. The summed E-state index contributed by atoms with van der Waals surface area (Å²) in [5.74, 6) is 2.23. The van der Waals surface area contributed by atoms with Gasteiger partial charge in [0.15, 0.2) is 6.61 Å². The van der Waals surface area contributed by atoms with Crippen LogP contribution in [0.1, 0.15) is 35.3 Å². The Labute approximate surface area is 188 Å². The van der Waals surface area contributed by atoms with Gasteiger partial charge in [-0.3, -0.25) is 4.79 Å². The Morgan fingerprint density at radius 2 is 1.75 bits per heavy atom. The van der Waals surface area contributed by atoms with Crippen molar-refractivity contribution in [3.05, 3.63) is 89.5 Å². The molecule has 4 rings (SSSR count). The molecule has 164 valence electrons. The molecule has 0 saturated heterocycles. The minimum atomic E-state index is -0.379. The standard InChI is InChI=1S/C27H26O5/c1-27(2)15-14-22-24(10-7-11-25(22)32-27)31-18-23(28)21-13-12-20(29-3)16-26(21)30-17-19-8-5-4-6-9-19/h4-16H,17-18H2,1-3H3. The monoisotopic (exact) mass is 430 g/mol. The minimum Gasteiger partial charge on any atom is -0.497 e. The molecule has 0 aromatic heterocycles. The Hall–Kier alpha value is -3.73. The van der Waals surface area contributed by atoms with Crippen molar-refractivity contribution in [1.29, 1.82) is 0 Å². The van der Waals surface area contributed by atoms with E-state index in [1.54, 1.807) is 25.3 Å². The van der Waals surface area contributed by atoms with E-state index in [-0.39, 0.29) is 18.0 Å². The molecule has 3 aromatic carbocycles. The summed E-state index contributed by atoms with van der Waals surface area (Å²) < 4.78 is 23.2. The molecule has 32 heavy (non-hydrogen) atoms. The third-order valence-electron chi connectivity index (χ3n) is 5.14. The average Bonchev–Trinajstić information content (AvgIpc) is 2.80. The van der Waals surface area contributed by atoms with Crippen LogP contribution in [0.2, 0.25) is 0 Å². The number of fused-ring (bicyclic) bond motifs is 1. The summed E-state index contributed by atoms with van der Waals surface area (Å²) in [6.07, 6.45) is 3.95. The molecule has 0 atom stereocenters. The largest absolute Gasteiger partial charge is 0.497 e. The number of carbonyl (C=O) groups is 1. The van der Waals surface area contributed by atoms with Crippen LogP contribution >= 0.6 is 0 Å². The van der Waals surface area contributed by atoms with Gasteiger partial charge >= 0.3 is 0 Å². The molecule has 0 N–H and O–H groups in total. The van der Waals surface area contributed by atoms with Crippen LogP contribution in [-0.4, -0.2) is 25.1 Å². The lowest BCUT2D eigenvalue weighted by Gasteiger charge is -2.28. The molecular formula is C27H26O5. The third-order valence-corrected chi connectivity index (χ3v) is 5.14. The summed E-state index contributed by atoms with van der Waals surface area (Å²) in [5, 5.41) is 0. The number of ketones is 1. The Kier molecular flexibility index (Phi) is 6.17. The molecule has 0 saturated carbocycles. The molecular weight excluding hydrogens is 404 g/mol. The highest BCUT2D eigenvalue weighted by Crippen LogP contribution is 2.36. The lowest BCUT2D eigenvalue weighted by molar-refractivity contribution is 0.0915. The van der Waals surface area contributed by atoms with Crippen LogP contribution in [0.5, 0.6) is 23.0 Å². The number of hydrogen-bond donors (Lipinski definition) is 0. The molecule has 3 aromatic rings. The van der Waals surface area contributed by atoms with E-state index in [0.29, 0.717) is 29.4 Å². The number of benzene rings is 3. The molecule has 0 radical (unpaired) electrons. The first-order valence-electron chi connectivity index (χ1n) is 10.5. The van der Waals surface area contributed by atoms with Gasteiger partial charge in [0.05, 0.1) is 18.2 Å². The molecule has 1 heterocycles. The van der Waals surface area contributed by atoms with Crippen LogP contribution in [0.3, 0.4) is 0 Å². The normalized spacial score (nSPS) is 13.6. The molecule has 5 nitrogen and oxygen atoms in total. The van der Waals surface area contributed by atoms with Gasteiger partial charge in [0.1, 0.15) is 35.2 Å². The molecule has 1 aliphatic rings. The second-order valence-corrected chi connectivity index (χ2v) is 8.06. The van der Waals surface area contributed by atoms with Crippen molar-refractivity contribution in [2.45, 2.75) is 26.1 Å². The van der Waals surface area contributed by atoms with E-state index in [0.717, 1.165) is 16.9 Å². The van der Waals surface area contributed by atoms with Crippen LogP contribution in [0.25, 0.3) is 6.08 Å². The Bertz CT molecular complexity index is 1130. The van der Waals surface area contributed by atoms with Gasteiger partial charge in [-0.2, -0.15) is 0 Å². The van der Waals surface area contributed by atoms with Gasteiger partial charge < -0.3 is 18.9 Å². The van der Waals surface area contributed by atoms with E-state index in [1.165, 1.54) is 0 Å². The van der Waals surface area contributed by atoms with Crippen LogP contribution in [0.4, 0.5) is 0 Å². The van der Waals surface area contributed by atoms with Crippen LogP contribution < -0.4 is 18.9 Å². The zero-order chi connectivity index (χ0) is 22.6. The fourth-order valence-corrected chi connectivity index (χ4v) is 3.44. The summed E-state index contributed by atoms with van der Waals surface area (Å²) in [4.78, 5) is 13.0. The lowest BCUT2D eigenvalue weighted by Crippen LogP contribution is -2.27. The first-order valence-corrected chi connectivity index (χ1v) is 10.5. The maximum absolute atomic E-state index is 13.0. The molecule has 0 bridgehead atoms. The fraction of sp³-hybridized carbons (Fsp3) is 0.222. The smallest absolute Gasteiger partial charge is 0.203 e. The first-order chi connectivity index (χ1) is 15.4. The van der Waals surface area contributed by atoms with E-state index in [2.05, 4.69) is 0 Å². The van der Waals surface area contributed by atoms with Gasteiger partial charge in [0, 0.05) is 6.07 Å². The predicted octanol–water partition coefficient (Wildman–Crippen LogP) is 5.72. The Balaban J connectivity index is 1.50. The number of methoxy groups -OCH3 is 1. The van der Waals surface area contributed by atoms with Gasteiger partial charge in [-0.1, -0.05) is 36.4 Å². The highest BCUT2D eigenvalue weighted by atomic mass is 16.5. The van der Waals surface area contributed by atoms with E-state index in [4.69, 9.17) is 18.9 Å². The fourth-order valence-electron chi connectivity index (χ4n) is 3.44. The summed E-state index contributed by atoms with van der Waals surface area (Å²) in [7, 11) is 1.58. The number of Topliss-reactive ketones (excluding diaryl/α,β-unsaturated/α-hetero) is 1. The molecule has 0 aliphatic carbocycles. The Morgan fingerprint density at radius 3 is 2.53 bits per heavy atom. The molecule has 0 amide bonds. The van der Waals surface area contributed by atoms with Crippen LogP contribution in [-0.2, 0) is 6.61 Å². The topological polar surface area (TPSA) is 54.0 Å². The van der Waals surface area contributed by atoms with Crippen LogP contribution in [0, 0.1) is 0 Å².